The summed E-state index contributed by atoms with van der Waals surface area (Å²) >= 11 is 5.90. The summed E-state index contributed by atoms with van der Waals surface area (Å²) in [5, 5.41) is 9.36. The summed E-state index contributed by atoms with van der Waals surface area (Å²) in [6.07, 6.45) is 0.333. The molecule has 1 aromatic carbocycles. The zero-order valence-corrected chi connectivity index (χ0v) is 15.0. The molecule has 2 heterocycles. The van der Waals surface area contributed by atoms with E-state index in [-0.39, 0.29) is 5.82 Å². The van der Waals surface area contributed by atoms with Crippen molar-refractivity contribution in [2.24, 2.45) is 0 Å². The fourth-order valence-corrected chi connectivity index (χ4v) is 3.02. The van der Waals surface area contributed by atoms with Crippen molar-refractivity contribution in [3.05, 3.63) is 46.7 Å². The van der Waals surface area contributed by atoms with E-state index in [1.807, 2.05) is 0 Å². The highest BCUT2D eigenvalue weighted by Crippen LogP contribution is 2.33. The van der Waals surface area contributed by atoms with Gasteiger partial charge < -0.3 is 15.2 Å². The van der Waals surface area contributed by atoms with Crippen LogP contribution in [0.25, 0.3) is 0 Å². The average molecular weight is 377 g/mol. The zero-order chi connectivity index (χ0) is 18.9. The third kappa shape index (κ3) is 3.15. The second-order valence-electron chi connectivity index (χ2n) is 5.96. The van der Waals surface area contributed by atoms with E-state index < -0.39 is 29.9 Å². The predicted molar refractivity (Wildman–Crippen MR) is 93.5 cm³/mol. The van der Waals surface area contributed by atoms with Crippen LogP contribution in [0.1, 0.15) is 24.7 Å². The minimum atomic E-state index is -1.22. The second-order valence-corrected chi connectivity index (χ2v) is 6.39. The van der Waals surface area contributed by atoms with E-state index in [2.05, 4.69) is 15.8 Å². The van der Waals surface area contributed by atoms with Crippen LogP contribution in [-0.4, -0.2) is 34.4 Å². The molecule has 26 heavy (non-hydrogen) atoms. The Kier molecular flexibility index (Phi) is 4.69. The Hall–Kier alpha value is -2.87. The van der Waals surface area contributed by atoms with Crippen LogP contribution in [0.15, 0.2) is 34.9 Å². The number of hydrogen-bond acceptors (Lipinski definition) is 5. The minimum Gasteiger partial charge on any atom is -0.360 e. The summed E-state index contributed by atoms with van der Waals surface area (Å²) in [5.41, 5.74) is -0.607. The molecule has 2 aromatic rings. The van der Waals surface area contributed by atoms with Crippen molar-refractivity contribution in [3.63, 3.8) is 0 Å². The highest BCUT2D eigenvalue weighted by Gasteiger charge is 2.51. The Labute approximate surface area is 154 Å². The number of halogens is 1. The van der Waals surface area contributed by atoms with Gasteiger partial charge >= 0.3 is 6.03 Å². The molecule has 0 radical (unpaired) electrons. The van der Waals surface area contributed by atoms with Crippen molar-refractivity contribution in [1.82, 2.24) is 15.4 Å². The molecule has 9 heteroatoms. The van der Waals surface area contributed by atoms with Crippen LogP contribution < -0.4 is 10.6 Å². The maximum atomic E-state index is 12.9. The molecule has 1 aliphatic rings. The lowest BCUT2D eigenvalue weighted by atomic mass is 9.87. The molecule has 136 valence electrons. The van der Waals surface area contributed by atoms with E-state index in [1.165, 1.54) is 6.07 Å². The first-order valence-corrected chi connectivity index (χ1v) is 8.37. The largest absolute Gasteiger partial charge is 0.360 e. The lowest BCUT2D eigenvalue weighted by molar-refractivity contribution is -0.134. The standard InChI is InChI=1S/C17H17ClN4O4/c1-3-17(11-4-6-12(18)7-5-11)15(24)22(16(25)20-17)9-14(23)19-13-8-10(2)26-21-13/h4-8H,3,9H2,1-2H3,(H,20,25)(H,19,21,23)/t17-/m0/s1. The Morgan fingerprint density at radius 1 is 1.35 bits per heavy atom. The molecule has 1 aromatic heterocycles. The van der Waals surface area contributed by atoms with Gasteiger partial charge in [-0.1, -0.05) is 35.8 Å². The highest BCUT2D eigenvalue weighted by molar-refractivity contribution is 6.30. The number of imide groups is 1. The van der Waals surface area contributed by atoms with Gasteiger partial charge in [-0.25, -0.2) is 4.79 Å². The van der Waals surface area contributed by atoms with Crippen molar-refractivity contribution in [2.75, 3.05) is 11.9 Å². The van der Waals surface area contributed by atoms with Gasteiger partial charge in [-0.3, -0.25) is 14.5 Å². The molecule has 1 atom stereocenters. The van der Waals surface area contributed by atoms with E-state index >= 15 is 0 Å². The number of anilines is 1. The van der Waals surface area contributed by atoms with Crippen LogP contribution in [0.2, 0.25) is 5.02 Å². The molecule has 1 aliphatic heterocycles. The van der Waals surface area contributed by atoms with Gasteiger partial charge in [0, 0.05) is 11.1 Å². The summed E-state index contributed by atoms with van der Waals surface area (Å²) in [6, 6.07) is 7.58. The van der Waals surface area contributed by atoms with Crippen LogP contribution in [0, 0.1) is 6.92 Å². The predicted octanol–water partition coefficient (Wildman–Crippen LogP) is 2.43. The number of rotatable bonds is 5. The van der Waals surface area contributed by atoms with Crippen molar-refractivity contribution in [1.29, 1.82) is 0 Å². The van der Waals surface area contributed by atoms with Crippen LogP contribution in [-0.2, 0) is 15.1 Å². The summed E-state index contributed by atoms with van der Waals surface area (Å²) in [4.78, 5) is 38.3. The van der Waals surface area contributed by atoms with Crippen molar-refractivity contribution < 1.29 is 18.9 Å². The van der Waals surface area contributed by atoms with Gasteiger partial charge in [0.2, 0.25) is 5.91 Å². The van der Waals surface area contributed by atoms with E-state index in [1.54, 1.807) is 38.1 Å². The SMILES string of the molecule is CC[C@@]1(c2ccc(Cl)cc2)NC(=O)N(CC(=O)Nc2cc(C)on2)C1=O. The number of urea groups is 1. The maximum absolute atomic E-state index is 12.9. The van der Waals surface area contributed by atoms with Gasteiger partial charge in [0.05, 0.1) is 0 Å². The Morgan fingerprint density at radius 3 is 2.62 bits per heavy atom. The zero-order valence-electron chi connectivity index (χ0n) is 14.2. The normalized spacial score (nSPS) is 19.6. The Morgan fingerprint density at radius 2 is 2.04 bits per heavy atom. The fourth-order valence-electron chi connectivity index (χ4n) is 2.89. The Balaban J connectivity index is 1.79. The molecule has 0 unspecified atom stereocenters. The molecule has 1 saturated heterocycles. The van der Waals surface area contributed by atoms with E-state index in [4.69, 9.17) is 16.1 Å². The number of aryl methyl sites for hydroxylation is 1. The number of aromatic nitrogens is 1. The highest BCUT2D eigenvalue weighted by atomic mass is 35.5. The van der Waals surface area contributed by atoms with Crippen molar-refractivity contribution in [2.45, 2.75) is 25.8 Å². The smallest absolute Gasteiger partial charge is 0.325 e. The maximum Gasteiger partial charge on any atom is 0.325 e. The molecule has 8 nitrogen and oxygen atoms in total. The minimum absolute atomic E-state index is 0.221. The van der Waals surface area contributed by atoms with Gasteiger partial charge in [-0.2, -0.15) is 0 Å². The molecule has 0 saturated carbocycles. The first-order valence-electron chi connectivity index (χ1n) is 7.99. The number of nitrogens with zero attached hydrogens (tertiary/aromatic N) is 2. The quantitative estimate of drug-likeness (QED) is 0.780. The van der Waals surface area contributed by atoms with Crippen LogP contribution >= 0.6 is 11.6 Å². The molecule has 0 spiro atoms. The summed E-state index contributed by atoms with van der Waals surface area (Å²) in [6.45, 7) is 3.04. The number of benzene rings is 1. The molecule has 1 fully saturated rings. The summed E-state index contributed by atoms with van der Waals surface area (Å²) in [5.74, 6) is -0.286. The second kappa shape index (κ2) is 6.80. The third-order valence-electron chi connectivity index (χ3n) is 4.24. The molecular weight excluding hydrogens is 360 g/mol. The number of hydrogen-bond donors (Lipinski definition) is 2. The fraction of sp³-hybridized carbons (Fsp3) is 0.294. The van der Waals surface area contributed by atoms with Gasteiger partial charge in [0.1, 0.15) is 17.8 Å². The third-order valence-corrected chi connectivity index (χ3v) is 4.49. The molecule has 2 N–H and O–H groups in total. The van der Waals surface area contributed by atoms with E-state index in [9.17, 15) is 14.4 Å². The molecule has 4 amide bonds. The number of amides is 4. The van der Waals surface area contributed by atoms with Gasteiger partial charge in [0.25, 0.3) is 5.91 Å². The number of nitrogens with one attached hydrogen (secondary N) is 2. The van der Waals surface area contributed by atoms with Gasteiger partial charge in [0.15, 0.2) is 5.82 Å². The molecule has 3 rings (SSSR count). The molecule has 0 bridgehead atoms. The Bertz CT molecular complexity index is 864. The lowest BCUT2D eigenvalue weighted by Gasteiger charge is -2.25. The summed E-state index contributed by atoms with van der Waals surface area (Å²) < 4.78 is 4.86. The van der Waals surface area contributed by atoms with Crippen LogP contribution in [0.4, 0.5) is 10.6 Å². The molecular formula is C17H17ClN4O4. The van der Waals surface area contributed by atoms with Crippen molar-refractivity contribution in [3.8, 4) is 0 Å². The summed E-state index contributed by atoms with van der Waals surface area (Å²) in [7, 11) is 0. The number of carbonyl (C=O) groups is 3. The topological polar surface area (TPSA) is 105 Å². The average Bonchev–Trinajstić information content (AvgIpc) is 3.11. The van der Waals surface area contributed by atoms with Gasteiger partial charge in [-0.15, -0.1) is 0 Å². The van der Waals surface area contributed by atoms with Crippen LogP contribution in [0.3, 0.4) is 0 Å². The molecule has 0 aliphatic carbocycles. The van der Waals surface area contributed by atoms with E-state index in [0.717, 1.165) is 4.90 Å². The van der Waals surface area contributed by atoms with Gasteiger partial charge in [-0.05, 0) is 31.0 Å². The first kappa shape index (κ1) is 17.9. The lowest BCUT2D eigenvalue weighted by Crippen LogP contribution is -2.44. The monoisotopic (exact) mass is 376 g/mol. The first-order chi connectivity index (χ1) is 12.4. The van der Waals surface area contributed by atoms with Crippen molar-refractivity contribution >= 4 is 35.3 Å². The number of carbonyl (C=O) groups excluding carboxylic acids is 3. The van der Waals surface area contributed by atoms with Crippen LogP contribution in [0.5, 0.6) is 0 Å². The van der Waals surface area contributed by atoms with E-state index in [0.29, 0.717) is 22.8 Å².